The number of halogens is 2. The lowest BCUT2D eigenvalue weighted by Gasteiger charge is -2.18. The predicted octanol–water partition coefficient (Wildman–Crippen LogP) is 4.58. The monoisotopic (exact) mass is 321 g/mol. The number of anilines is 1. The molecule has 116 valence electrons. The first-order valence-corrected chi connectivity index (χ1v) is 7.36. The van der Waals surface area contributed by atoms with Gasteiger partial charge in [0, 0.05) is 10.7 Å². The van der Waals surface area contributed by atoms with E-state index in [1.54, 1.807) is 18.2 Å². The Morgan fingerprint density at radius 2 is 1.95 bits per heavy atom. The number of ether oxygens (including phenoxy) is 1. The van der Waals surface area contributed by atoms with Gasteiger partial charge in [0.25, 0.3) is 5.91 Å². The topological polar surface area (TPSA) is 38.3 Å². The molecule has 0 fully saturated rings. The van der Waals surface area contributed by atoms with E-state index in [1.165, 1.54) is 24.3 Å². The van der Waals surface area contributed by atoms with Crippen molar-refractivity contribution in [2.75, 3.05) is 5.32 Å². The molecule has 5 heteroatoms. The molecule has 0 spiro atoms. The number of hydrogen-bond donors (Lipinski definition) is 1. The zero-order chi connectivity index (χ0) is 16.1. The lowest BCUT2D eigenvalue weighted by molar-refractivity contribution is -0.122. The van der Waals surface area contributed by atoms with Crippen molar-refractivity contribution in [2.24, 2.45) is 0 Å². The Morgan fingerprint density at radius 1 is 1.27 bits per heavy atom. The average molecular weight is 322 g/mol. The Balaban J connectivity index is 2.06. The summed E-state index contributed by atoms with van der Waals surface area (Å²) in [6.07, 6.45) is -0.156. The molecule has 22 heavy (non-hydrogen) atoms. The predicted molar refractivity (Wildman–Crippen MR) is 85.9 cm³/mol. The zero-order valence-corrected chi connectivity index (χ0v) is 13.2. The lowest BCUT2D eigenvalue weighted by atomic mass is 10.2. The second-order valence-electron chi connectivity index (χ2n) is 4.92. The van der Waals surface area contributed by atoms with Crippen LogP contribution in [0.4, 0.5) is 10.1 Å². The summed E-state index contributed by atoms with van der Waals surface area (Å²) in [5.41, 5.74) is 1.56. The molecule has 2 rings (SSSR count). The summed E-state index contributed by atoms with van der Waals surface area (Å²) in [6.45, 7) is 3.71. The maximum atomic E-state index is 12.9. The minimum atomic E-state index is -0.652. The maximum Gasteiger partial charge on any atom is 0.265 e. The van der Waals surface area contributed by atoms with E-state index in [4.69, 9.17) is 16.3 Å². The second kappa shape index (κ2) is 7.27. The Morgan fingerprint density at radius 3 is 2.55 bits per heavy atom. The minimum absolute atomic E-state index is 0.253. The van der Waals surface area contributed by atoms with Gasteiger partial charge in [-0.05, 0) is 61.4 Å². The van der Waals surface area contributed by atoms with E-state index in [2.05, 4.69) is 5.32 Å². The summed E-state index contributed by atoms with van der Waals surface area (Å²) in [4.78, 5) is 12.3. The van der Waals surface area contributed by atoms with Crippen molar-refractivity contribution in [1.82, 2.24) is 0 Å². The van der Waals surface area contributed by atoms with E-state index in [-0.39, 0.29) is 11.7 Å². The molecule has 0 radical (unpaired) electrons. The number of amides is 1. The average Bonchev–Trinajstić information content (AvgIpc) is 2.49. The first-order valence-electron chi connectivity index (χ1n) is 6.99. The van der Waals surface area contributed by atoms with Crippen LogP contribution in [-0.2, 0) is 4.79 Å². The van der Waals surface area contributed by atoms with Crippen molar-refractivity contribution in [3.63, 3.8) is 0 Å². The number of carbonyl (C=O) groups is 1. The van der Waals surface area contributed by atoms with Crippen LogP contribution < -0.4 is 10.1 Å². The number of rotatable bonds is 5. The SMILES string of the molecule is CC[C@H](Oc1ccc(F)cc1)C(=O)Nc1ccc(Cl)cc1C. The molecule has 1 N–H and O–H groups in total. The van der Waals surface area contributed by atoms with Crippen molar-refractivity contribution in [3.05, 3.63) is 58.9 Å². The van der Waals surface area contributed by atoms with Crippen LogP contribution >= 0.6 is 11.6 Å². The largest absolute Gasteiger partial charge is 0.481 e. The van der Waals surface area contributed by atoms with Gasteiger partial charge in [0.1, 0.15) is 11.6 Å². The Hall–Kier alpha value is -2.07. The van der Waals surface area contributed by atoms with E-state index in [1.807, 2.05) is 13.8 Å². The van der Waals surface area contributed by atoms with Crippen LogP contribution in [-0.4, -0.2) is 12.0 Å². The lowest BCUT2D eigenvalue weighted by Crippen LogP contribution is -2.32. The molecular weight excluding hydrogens is 305 g/mol. The molecule has 1 atom stereocenters. The third-order valence-corrected chi connectivity index (χ3v) is 3.44. The summed E-state index contributed by atoms with van der Waals surface area (Å²) < 4.78 is 18.5. The van der Waals surface area contributed by atoms with Crippen molar-refractivity contribution in [1.29, 1.82) is 0 Å². The van der Waals surface area contributed by atoms with E-state index >= 15 is 0 Å². The van der Waals surface area contributed by atoms with Crippen LogP contribution in [0.2, 0.25) is 5.02 Å². The van der Waals surface area contributed by atoms with Gasteiger partial charge in [-0.1, -0.05) is 18.5 Å². The molecule has 0 aliphatic rings. The van der Waals surface area contributed by atoms with Crippen LogP contribution in [0.25, 0.3) is 0 Å². The van der Waals surface area contributed by atoms with Crippen molar-refractivity contribution >= 4 is 23.2 Å². The van der Waals surface area contributed by atoms with Gasteiger partial charge in [-0.15, -0.1) is 0 Å². The summed E-state index contributed by atoms with van der Waals surface area (Å²) >= 11 is 5.90. The summed E-state index contributed by atoms with van der Waals surface area (Å²) in [7, 11) is 0. The molecule has 0 heterocycles. The van der Waals surface area contributed by atoms with Gasteiger partial charge in [-0.2, -0.15) is 0 Å². The number of aryl methyl sites for hydroxylation is 1. The van der Waals surface area contributed by atoms with Gasteiger partial charge in [0.15, 0.2) is 6.10 Å². The molecule has 0 unspecified atom stereocenters. The number of benzene rings is 2. The molecule has 1 amide bonds. The van der Waals surface area contributed by atoms with Gasteiger partial charge in [-0.25, -0.2) is 4.39 Å². The van der Waals surface area contributed by atoms with Gasteiger partial charge < -0.3 is 10.1 Å². The number of carbonyl (C=O) groups excluding carboxylic acids is 1. The highest BCUT2D eigenvalue weighted by Crippen LogP contribution is 2.21. The van der Waals surface area contributed by atoms with Crippen LogP contribution in [0.1, 0.15) is 18.9 Å². The third-order valence-electron chi connectivity index (χ3n) is 3.20. The maximum absolute atomic E-state index is 12.9. The first-order chi connectivity index (χ1) is 10.5. The van der Waals surface area contributed by atoms with Crippen molar-refractivity contribution in [2.45, 2.75) is 26.4 Å². The molecule has 0 aliphatic carbocycles. The Bertz CT molecular complexity index is 658. The van der Waals surface area contributed by atoms with Crippen LogP contribution in [0.15, 0.2) is 42.5 Å². The van der Waals surface area contributed by atoms with E-state index in [0.29, 0.717) is 22.9 Å². The highest BCUT2D eigenvalue weighted by Gasteiger charge is 2.19. The van der Waals surface area contributed by atoms with Gasteiger partial charge in [0.05, 0.1) is 0 Å². The normalized spacial score (nSPS) is 11.8. The van der Waals surface area contributed by atoms with E-state index < -0.39 is 6.10 Å². The third kappa shape index (κ3) is 4.21. The molecule has 2 aromatic rings. The smallest absolute Gasteiger partial charge is 0.265 e. The van der Waals surface area contributed by atoms with Crippen LogP contribution in [0.5, 0.6) is 5.75 Å². The van der Waals surface area contributed by atoms with E-state index in [9.17, 15) is 9.18 Å². The van der Waals surface area contributed by atoms with Crippen LogP contribution in [0, 0.1) is 12.7 Å². The first kappa shape index (κ1) is 16.3. The quantitative estimate of drug-likeness (QED) is 0.875. The number of hydrogen-bond acceptors (Lipinski definition) is 2. The standard InChI is InChI=1S/C17H17ClFNO2/c1-3-16(22-14-7-5-13(19)6-8-14)17(21)20-15-9-4-12(18)10-11(15)2/h4-10,16H,3H2,1-2H3,(H,20,21)/t16-/m0/s1. The molecule has 0 aromatic heterocycles. The van der Waals surface area contributed by atoms with Gasteiger partial charge >= 0.3 is 0 Å². The summed E-state index contributed by atoms with van der Waals surface area (Å²) in [6, 6.07) is 10.8. The fourth-order valence-electron chi connectivity index (χ4n) is 1.98. The second-order valence-corrected chi connectivity index (χ2v) is 5.35. The molecular formula is C17H17ClFNO2. The Labute approximate surface area is 134 Å². The zero-order valence-electron chi connectivity index (χ0n) is 12.4. The highest BCUT2D eigenvalue weighted by molar-refractivity contribution is 6.30. The van der Waals surface area contributed by atoms with Crippen molar-refractivity contribution < 1.29 is 13.9 Å². The summed E-state index contributed by atoms with van der Waals surface area (Å²) in [5.74, 6) is -0.143. The van der Waals surface area contributed by atoms with E-state index in [0.717, 1.165) is 5.56 Å². The summed E-state index contributed by atoms with van der Waals surface area (Å²) in [5, 5.41) is 3.44. The molecule has 2 aromatic carbocycles. The van der Waals surface area contributed by atoms with Gasteiger partial charge in [0.2, 0.25) is 0 Å². The van der Waals surface area contributed by atoms with Crippen LogP contribution in [0.3, 0.4) is 0 Å². The molecule has 3 nitrogen and oxygen atoms in total. The fourth-order valence-corrected chi connectivity index (χ4v) is 2.21. The highest BCUT2D eigenvalue weighted by atomic mass is 35.5. The molecule has 0 bridgehead atoms. The Kier molecular flexibility index (Phi) is 5.39. The molecule has 0 aliphatic heterocycles. The van der Waals surface area contributed by atoms with Gasteiger partial charge in [-0.3, -0.25) is 4.79 Å². The van der Waals surface area contributed by atoms with Crippen molar-refractivity contribution in [3.8, 4) is 5.75 Å². The minimum Gasteiger partial charge on any atom is -0.481 e. The molecule has 0 saturated carbocycles. The number of nitrogens with one attached hydrogen (secondary N) is 1. The fraction of sp³-hybridized carbons (Fsp3) is 0.235. The molecule has 0 saturated heterocycles.